The van der Waals surface area contributed by atoms with Crippen LogP contribution >= 0.6 is 38.9 Å². The van der Waals surface area contributed by atoms with E-state index in [1.54, 1.807) is 24.3 Å². The Morgan fingerprint density at radius 1 is 1.17 bits per heavy atom. The van der Waals surface area contributed by atoms with Crippen LogP contribution in [0.15, 0.2) is 52.7 Å². The summed E-state index contributed by atoms with van der Waals surface area (Å²) in [4.78, 5) is 7.14. The van der Waals surface area contributed by atoms with E-state index < -0.39 is 15.7 Å². The Labute approximate surface area is 192 Å². The summed E-state index contributed by atoms with van der Waals surface area (Å²) >= 11 is 10.7. The van der Waals surface area contributed by atoms with Crippen LogP contribution in [0.4, 0.5) is 9.52 Å². The fourth-order valence-electron chi connectivity index (χ4n) is 3.52. The van der Waals surface area contributed by atoms with Gasteiger partial charge >= 0.3 is 0 Å². The van der Waals surface area contributed by atoms with E-state index >= 15 is 0 Å². The van der Waals surface area contributed by atoms with E-state index in [-0.39, 0.29) is 10.3 Å². The lowest BCUT2D eigenvalue weighted by Crippen LogP contribution is -2.39. The molecular formula is C21H19BrClFN2O2S2. The van der Waals surface area contributed by atoms with Crippen LogP contribution in [-0.2, 0) is 15.2 Å². The molecule has 158 valence electrons. The summed E-state index contributed by atoms with van der Waals surface area (Å²) < 4.78 is 39.4. The Hall–Kier alpha value is -1.48. The maximum Gasteiger partial charge on any atom is 0.185 e. The molecule has 2 aromatic carbocycles. The summed E-state index contributed by atoms with van der Waals surface area (Å²) in [5.41, 5.74) is 2.54. The van der Waals surface area contributed by atoms with Crippen molar-refractivity contribution in [3.63, 3.8) is 0 Å². The SMILES string of the molecule is O=S(=O)(c1ccc(CBr)cc1)C1CCN(c2nc(-c3ccc(F)c(Cl)c3)cs2)CC1. The van der Waals surface area contributed by atoms with E-state index in [9.17, 15) is 12.8 Å². The third-order valence-corrected chi connectivity index (χ3v) is 9.38. The number of sulfone groups is 1. The second-order valence-corrected chi connectivity index (χ2v) is 11.2. The minimum atomic E-state index is -3.35. The van der Waals surface area contributed by atoms with Crippen molar-refractivity contribution in [1.29, 1.82) is 0 Å². The van der Waals surface area contributed by atoms with Crippen molar-refractivity contribution in [1.82, 2.24) is 4.98 Å². The molecule has 9 heteroatoms. The molecule has 2 heterocycles. The van der Waals surface area contributed by atoms with Crippen molar-refractivity contribution in [2.75, 3.05) is 18.0 Å². The third kappa shape index (κ3) is 4.42. The first-order valence-corrected chi connectivity index (χ1v) is 13.4. The van der Waals surface area contributed by atoms with Crippen LogP contribution in [0.1, 0.15) is 18.4 Å². The van der Waals surface area contributed by atoms with Crippen LogP contribution in [0.25, 0.3) is 11.3 Å². The molecule has 1 aliphatic heterocycles. The molecule has 0 saturated carbocycles. The smallest absolute Gasteiger partial charge is 0.185 e. The number of nitrogens with zero attached hydrogens (tertiary/aromatic N) is 2. The zero-order chi connectivity index (χ0) is 21.3. The fraction of sp³-hybridized carbons (Fsp3) is 0.286. The van der Waals surface area contributed by atoms with Crippen LogP contribution in [0, 0.1) is 5.82 Å². The Morgan fingerprint density at radius 3 is 2.50 bits per heavy atom. The van der Waals surface area contributed by atoms with E-state index in [1.807, 2.05) is 17.5 Å². The van der Waals surface area contributed by atoms with Gasteiger partial charge in [0.2, 0.25) is 0 Å². The monoisotopic (exact) mass is 528 g/mol. The standard InChI is InChI=1S/C21H19BrClFN2O2S2/c22-12-14-1-4-16(5-2-14)30(27,28)17-7-9-26(10-8-17)21-25-20(13-29-21)15-3-6-19(24)18(23)11-15/h1-6,11,13,17H,7-10,12H2. The highest BCUT2D eigenvalue weighted by Gasteiger charge is 2.32. The average Bonchev–Trinajstić information content (AvgIpc) is 3.26. The summed E-state index contributed by atoms with van der Waals surface area (Å²) in [6, 6.07) is 11.6. The first kappa shape index (κ1) is 21.7. The van der Waals surface area contributed by atoms with Crippen LogP contribution < -0.4 is 4.90 Å². The number of aromatic nitrogens is 1. The van der Waals surface area contributed by atoms with E-state index in [2.05, 4.69) is 25.8 Å². The molecule has 0 N–H and O–H groups in total. The fourth-order valence-corrected chi connectivity index (χ4v) is 6.69. The molecular weight excluding hydrogens is 511 g/mol. The maximum atomic E-state index is 13.4. The van der Waals surface area contributed by atoms with E-state index in [0.717, 1.165) is 22.0 Å². The van der Waals surface area contributed by atoms with Gasteiger partial charge < -0.3 is 4.90 Å². The Kier molecular flexibility index (Phi) is 6.48. The van der Waals surface area contributed by atoms with Gasteiger partial charge in [-0.25, -0.2) is 17.8 Å². The first-order chi connectivity index (χ1) is 14.4. The molecule has 0 radical (unpaired) electrons. The molecule has 0 spiro atoms. The normalized spacial score (nSPS) is 15.5. The van der Waals surface area contributed by atoms with Gasteiger partial charge in [-0.2, -0.15) is 0 Å². The topological polar surface area (TPSA) is 50.3 Å². The lowest BCUT2D eigenvalue weighted by Gasteiger charge is -2.31. The second-order valence-electron chi connectivity index (χ2n) is 7.15. The molecule has 0 bridgehead atoms. The molecule has 0 aliphatic carbocycles. The van der Waals surface area contributed by atoms with Crippen LogP contribution in [0.3, 0.4) is 0 Å². The number of hydrogen-bond acceptors (Lipinski definition) is 5. The predicted molar refractivity (Wildman–Crippen MR) is 124 cm³/mol. The molecule has 4 nitrogen and oxygen atoms in total. The van der Waals surface area contributed by atoms with Crippen molar-refractivity contribution in [2.45, 2.75) is 28.3 Å². The Bertz CT molecular complexity index is 1140. The molecule has 0 amide bonds. The molecule has 1 aliphatic rings. The van der Waals surface area contributed by atoms with Crippen molar-refractivity contribution in [2.24, 2.45) is 0 Å². The lowest BCUT2D eigenvalue weighted by molar-refractivity contribution is 0.529. The molecule has 1 fully saturated rings. The summed E-state index contributed by atoms with van der Waals surface area (Å²) in [5.74, 6) is -0.457. The first-order valence-electron chi connectivity index (χ1n) is 9.43. The van der Waals surface area contributed by atoms with E-state index in [1.165, 1.54) is 17.4 Å². The van der Waals surface area contributed by atoms with Crippen LogP contribution in [-0.4, -0.2) is 31.7 Å². The largest absolute Gasteiger partial charge is 0.348 e. The highest BCUT2D eigenvalue weighted by Crippen LogP contribution is 2.33. The summed E-state index contributed by atoms with van der Waals surface area (Å²) in [7, 11) is -3.35. The highest BCUT2D eigenvalue weighted by atomic mass is 79.9. The van der Waals surface area contributed by atoms with Crippen LogP contribution in [0.2, 0.25) is 5.02 Å². The average molecular weight is 530 g/mol. The third-order valence-electron chi connectivity index (χ3n) is 5.26. The van der Waals surface area contributed by atoms with Gasteiger partial charge in [0.25, 0.3) is 0 Å². The van der Waals surface area contributed by atoms with Crippen molar-refractivity contribution >= 4 is 53.8 Å². The summed E-state index contributed by atoms with van der Waals surface area (Å²) in [6.07, 6.45) is 1.11. The summed E-state index contributed by atoms with van der Waals surface area (Å²) in [6.45, 7) is 1.25. The van der Waals surface area contributed by atoms with Gasteiger partial charge in [-0.15, -0.1) is 11.3 Å². The number of halogens is 3. The van der Waals surface area contributed by atoms with Gasteiger partial charge in [0.15, 0.2) is 15.0 Å². The number of piperidine rings is 1. The Morgan fingerprint density at radius 2 is 1.87 bits per heavy atom. The van der Waals surface area contributed by atoms with Gasteiger partial charge in [-0.3, -0.25) is 0 Å². The zero-order valence-corrected chi connectivity index (χ0v) is 19.9. The molecule has 1 aromatic heterocycles. The summed E-state index contributed by atoms with van der Waals surface area (Å²) in [5, 5.41) is 3.12. The van der Waals surface area contributed by atoms with Gasteiger partial charge in [0, 0.05) is 29.4 Å². The molecule has 30 heavy (non-hydrogen) atoms. The lowest BCUT2D eigenvalue weighted by atomic mass is 10.1. The van der Waals surface area contributed by atoms with Crippen molar-refractivity contribution < 1.29 is 12.8 Å². The van der Waals surface area contributed by atoms with E-state index in [0.29, 0.717) is 36.2 Å². The predicted octanol–water partition coefficient (Wildman–Crippen LogP) is 5.94. The number of hydrogen-bond donors (Lipinski definition) is 0. The molecule has 0 atom stereocenters. The quantitative estimate of drug-likeness (QED) is 0.384. The van der Waals surface area contributed by atoms with Crippen LogP contribution in [0.5, 0.6) is 0 Å². The molecule has 4 rings (SSSR count). The van der Waals surface area contributed by atoms with Crippen molar-refractivity contribution in [3.8, 4) is 11.3 Å². The van der Waals surface area contributed by atoms with Crippen molar-refractivity contribution in [3.05, 3.63) is 64.2 Å². The van der Waals surface area contributed by atoms with Gasteiger partial charge in [-0.05, 0) is 48.7 Å². The minimum absolute atomic E-state index is 0.0669. The van der Waals surface area contributed by atoms with Gasteiger partial charge in [-0.1, -0.05) is 39.7 Å². The maximum absolute atomic E-state index is 13.4. The number of rotatable bonds is 5. The molecule has 1 saturated heterocycles. The number of anilines is 1. The second kappa shape index (κ2) is 8.94. The van der Waals surface area contributed by atoms with Gasteiger partial charge in [0.1, 0.15) is 5.82 Å². The number of benzene rings is 2. The zero-order valence-electron chi connectivity index (χ0n) is 15.9. The molecule has 3 aromatic rings. The highest BCUT2D eigenvalue weighted by molar-refractivity contribution is 9.08. The number of thiazole rings is 1. The number of alkyl halides is 1. The Balaban J connectivity index is 1.44. The minimum Gasteiger partial charge on any atom is -0.348 e. The van der Waals surface area contributed by atoms with Gasteiger partial charge in [0.05, 0.1) is 20.9 Å². The molecule has 0 unspecified atom stereocenters. The van der Waals surface area contributed by atoms with E-state index in [4.69, 9.17) is 11.6 Å².